The number of alkyl halides is 1. The van der Waals surface area contributed by atoms with Crippen LogP contribution in [0.5, 0.6) is 0 Å². The normalized spacial score (nSPS) is 33.5. The fourth-order valence-electron chi connectivity index (χ4n) is 2.58. The number of halogens is 1. The first-order valence-electron chi connectivity index (χ1n) is 5.96. The zero-order valence-electron chi connectivity index (χ0n) is 10.3. The maximum atomic E-state index is 11.1. The second-order valence-electron chi connectivity index (χ2n) is 4.74. The summed E-state index contributed by atoms with van der Waals surface area (Å²) >= 11 is 8.21. The molecule has 0 bridgehead atoms. The molecule has 7 heteroatoms. The van der Waals surface area contributed by atoms with Gasteiger partial charge in [-0.3, -0.25) is 10.1 Å². The van der Waals surface area contributed by atoms with Crippen molar-refractivity contribution in [1.29, 1.82) is 0 Å². The van der Waals surface area contributed by atoms with E-state index in [1.807, 2.05) is 11.8 Å². The van der Waals surface area contributed by atoms with Gasteiger partial charge in [0.05, 0.1) is 18.1 Å². The van der Waals surface area contributed by atoms with Crippen LogP contribution >= 0.6 is 23.4 Å². The summed E-state index contributed by atoms with van der Waals surface area (Å²) in [4.78, 5) is 12.6. The Kier molecular flexibility index (Phi) is 2.92. The molecule has 0 radical (unpaired) electrons. The lowest BCUT2D eigenvalue weighted by molar-refractivity contribution is -0.384. The van der Waals surface area contributed by atoms with Crippen LogP contribution in [0.4, 0.5) is 11.4 Å². The number of ether oxygens (including phenoxy) is 1. The van der Waals surface area contributed by atoms with Crippen LogP contribution in [0.2, 0.25) is 0 Å². The molecular formula is C12H13ClN2O3S. The second kappa shape index (κ2) is 4.26. The number of nitro benzene ring substituents is 1. The highest BCUT2D eigenvalue weighted by atomic mass is 35.5. The van der Waals surface area contributed by atoms with E-state index in [0.717, 1.165) is 5.75 Å². The molecule has 1 aromatic rings. The van der Waals surface area contributed by atoms with Crippen molar-refractivity contribution in [2.75, 3.05) is 23.8 Å². The molecule has 2 fully saturated rings. The largest absolute Gasteiger partial charge is 0.352 e. The Balaban J connectivity index is 1.99. The summed E-state index contributed by atoms with van der Waals surface area (Å²) in [6, 6.07) is 6.69. The molecule has 2 atom stereocenters. The minimum Gasteiger partial charge on any atom is -0.352 e. The van der Waals surface area contributed by atoms with Gasteiger partial charge in [-0.05, 0) is 13.0 Å². The molecule has 0 aromatic heterocycles. The summed E-state index contributed by atoms with van der Waals surface area (Å²) in [5, 5.41) is 11.1. The van der Waals surface area contributed by atoms with E-state index < -0.39 is 9.93 Å². The molecule has 19 heavy (non-hydrogen) atoms. The van der Waals surface area contributed by atoms with Crippen LogP contribution in [-0.4, -0.2) is 33.8 Å². The molecule has 3 rings (SSSR count). The van der Waals surface area contributed by atoms with E-state index in [2.05, 4.69) is 0 Å². The van der Waals surface area contributed by atoms with Gasteiger partial charge in [0.15, 0.2) is 9.93 Å². The predicted molar refractivity (Wildman–Crippen MR) is 75.8 cm³/mol. The van der Waals surface area contributed by atoms with Crippen molar-refractivity contribution in [2.24, 2.45) is 0 Å². The van der Waals surface area contributed by atoms with E-state index in [4.69, 9.17) is 16.3 Å². The van der Waals surface area contributed by atoms with Crippen molar-refractivity contribution in [2.45, 2.75) is 16.9 Å². The summed E-state index contributed by atoms with van der Waals surface area (Å²) in [5.74, 6) is 0.851. The van der Waals surface area contributed by atoms with Gasteiger partial charge in [0.2, 0.25) is 0 Å². The van der Waals surface area contributed by atoms with Crippen molar-refractivity contribution < 1.29 is 9.66 Å². The molecule has 0 N–H and O–H groups in total. The average Bonchev–Trinajstić information content (AvgIpc) is 2.39. The molecule has 2 aliphatic heterocycles. The van der Waals surface area contributed by atoms with E-state index in [0.29, 0.717) is 18.8 Å². The van der Waals surface area contributed by atoms with Crippen molar-refractivity contribution in [3.63, 3.8) is 0 Å². The third-order valence-corrected chi connectivity index (χ3v) is 5.87. The number of rotatable bonds is 2. The molecule has 102 valence electrons. The van der Waals surface area contributed by atoms with E-state index in [-0.39, 0.29) is 10.6 Å². The van der Waals surface area contributed by atoms with Gasteiger partial charge >= 0.3 is 0 Å². The molecule has 2 saturated heterocycles. The number of anilines is 1. The summed E-state index contributed by atoms with van der Waals surface area (Å²) in [6.45, 7) is 3.04. The van der Waals surface area contributed by atoms with Gasteiger partial charge in [-0.25, -0.2) is 0 Å². The van der Waals surface area contributed by atoms with Gasteiger partial charge < -0.3 is 9.64 Å². The fourth-order valence-corrected chi connectivity index (χ4v) is 4.24. The second-order valence-corrected chi connectivity index (χ2v) is 7.00. The highest BCUT2D eigenvalue weighted by Crippen LogP contribution is 2.57. The quantitative estimate of drug-likeness (QED) is 0.477. The molecular weight excluding hydrogens is 288 g/mol. The van der Waals surface area contributed by atoms with E-state index >= 15 is 0 Å². The lowest BCUT2D eigenvalue weighted by Crippen LogP contribution is -2.77. The summed E-state index contributed by atoms with van der Waals surface area (Å²) < 4.78 is 5.30. The third kappa shape index (κ3) is 1.74. The van der Waals surface area contributed by atoms with Crippen molar-refractivity contribution in [3.8, 4) is 0 Å². The van der Waals surface area contributed by atoms with Crippen LogP contribution in [-0.2, 0) is 4.74 Å². The van der Waals surface area contributed by atoms with Crippen LogP contribution in [0.15, 0.2) is 24.3 Å². The third-order valence-electron chi connectivity index (χ3n) is 3.74. The molecule has 0 aliphatic carbocycles. The number of para-hydroxylation sites is 2. The number of hydrogen-bond acceptors (Lipinski definition) is 5. The maximum absolute atomic E-state index is 11.1. The Morgan fingerprint density at radius 2 is 2.26 bits per heavy atom. The molecule has 2 heterocycles. The van der Waals surface area contributed by atoms with Crippen LogP contribution < -0.4 is 4.90 Å². The molecule has 0 amide bonds. The van der Waals surface area contributed by atoms with Crippen molar-refractivity contribution in [3.05, 3.63) is 34.4 Å². The topological polar surface area (TPSA) is 55.6 Å². The molecule has 5 nitrogen and oxygen atoms in total. The lowest BCUT2D eigenvalue weighted by atomic mass is 9.96. The first-order chi connectivity index (χ1) is 8.98. The predicted octanol–water partition coefficient (Wildman–Crippen LogP) is 2.83. The Morgan fingerprint density at radius 1 is 1.53 bits per heavy atom. The minimum absolute atomic E-state index is 0.0848. The van der Waals surface area contributed by atoms with Gasteiger partial charge in [0.1, 0.15) is 5.69 Å². The van der Waals surface area contributed by atoms with Gasteiger partial charge in [0.25, 0.3) is 5.69 Å². The number of nitrogens with zero attached hydrogens (tertiary/aromatic N) is 2. The van der Waals surface area contributed by atoms with Crippen LogP contribution in [0.1, 0.15) is 6.92 Å². The van der Waals surface area contributed by atoms with Gasteiger partial charge in [-0.1, -0.05) is 12.1 Å². The summed E-state index contributed by atoms with van der Waals surface area (Å²) in [5.41, 5.74) is -0.0424. The lowest BCUT2D eigenvalue weighted by Gasteiger charge is -2.63. The number of thioether (sulfide) groups is 1. The van der Waals surface area contributed by atoms with E-state index in [9.17, 15) is 10.1 Å². The molecule has 0 unspecified atom stereocenters. The number of fused-ring (bicyclic) bond motifs is 1. The van der Waals surface area contributed by atoms with Crippen LogP contribution in [0.25, 0.3) is 0 Å². The molecule has 1 aromatic carbocycles. The zero-order valence-corrected chi connectivity index (χ0v) is 11.9. The number of hydrogen-bond donors (Lipinski definition) is 0. The van der Waals surface area contributed by atoms with Gasteiger partial charge in [-0.15, -0.1) is 23.4 Å². The Labute approximate surface area is 120 Å². The smallest absolute Gasteiger partial charge is 0.292 e. The van der Waals surface area contributed by atoms with Gasteiger partial charge in [-0.2, -0.15) is 0 Å². The van der Waals surface area contributed by atoms with Crippen molar-refractivity contribution >= 4 is 34.7 Å². The fraction of sp³-hybridized carbons (Fsp3) is 0.500. The Morgan fingerprint density at radius 3 is 2.95 bits per heavy atom. The molecule has 2 aliphatic rings. The standard InChI is InChI=1S/C12H13ClN2O3S/c1-11-12(13,19-7-6-18-11)8-14(11)9-4-2-3-5-10(9)15(16)17/h2-5H,6-8H2,1H3/t11-,12-/m1/s1. The Hall–Kier alpha value is -0.980. The SMILES string of the molecule is C[C@@]12OCCS[C@]1(Cl)CN2c1ccccc1[N+](=O)[O-]. The Bertz CT molecular complexity index is 543. The number of benzene rings is 1. The molecule has 0 spiro atoms. The first kappa shape index (κ1) is 13.0. The van der Waals surface area contributed by atoms with Crippen LogP contribution in [0, 0.1) is 10.1 Å². The molecule has 0 saturated carbocycles. The zero-order chi connectivity index (χ0) is 13.7. The maximum Gasteiger partial charge on any atom is 0.292 e. The van der Waals surface area contributed by atoms with Gasteiger partial charge in [0, 0.05) is 11.8 Å². The summed E-state index contributed by atoms with van der Waals surface area (Å²) in [7, 11) is 0. The number of nitro groups is 1. The average molecular weight is 301 g/mol. The van der Waals surface area contributed by atoms with Crippen LogP contribution in [0.3, 0.4) is 0 Å². The highest BCUT2D eigenvalue weighted by Gasteiger charge is 2.65. The van der Waals surface area contributed by atoms with Crippen molar-refractivity contribution in [1.82, 2.24) is 0 Å². The monoisotopic (exact) mass is 300 g/mol. The van der Waals surface area contributed by atoms with E-state index in [1.165, 1.54) is 6.07 Å². The van der Waals surface area contributed by atoms with E-state index in [1.54, 1.807) is 30.0 Å². The minimum atomic E-state index is -0.691. The first-order valence-corrected chi connectivity index (χ1v) is 7.32. The highest BCUT2D eigenvalue weighted by molar-refractivity contribution is 8.02. The summed E-state index contributed by atoms with van der Waals surface area (Å²) in [6.07, 6.45) is 0.